The Hall–Kier alpha value is -3.33. The van der Waals surface area contributed by atoms with E-state index in [-0.39, 0.29) is 24.5 Å². The van der Waals surface area contributed by atoms with Crippen LogP contribution in [0.25, 0.3) is 5.95 Å². The maximum absolute atomic E-state index is 12.7. The number of aromatic nitrogens is 5. The van der Waals surface area contributed by atoms with Crippen molar-refractivity contribution in [2.75, 3.05) is 18.0 Å². The highest BCUT2D eigenvalue weighted by Crippen LogP contribution is 2.19. The van der Waals surface area contributed by atoms with E-state index in [1.165, 1.54) is 0 Å². The average Bonchev–Trinajstić information content (AvgIpc) is 3.05. The van der Waals surface area contributed by atoms with Gasteiger partial charge >= 0.3 is 0 Å². The molecule has 1 aliphatic heterocycles. The van der Waals surface area contributed by atoms with Gasteiger partial charge in [-0.2, -0.15) is 5.10 Å². The molecule has 34 heavy (non-hydrogen) atoms. The number of ether oxygens (including phenoxy) is 1. The molecular formula is C25H33N7O2. The Kier molecular flexibility index (Phi) is 6.92. The molecular weight excluding hydrogens is 430 g/mol. The second-order valence-corrected chi connectivity index (χ2v) is 9.15. The van der Waals surface area contributed by atoms with Crippen LogP contribution in [-0.2, 0) is 22.5 Å². The second kappa shape index (κ2) is 9.89. The first kappa shape index (κ1) is 23.8. The summed E-state index contributed by atoms with van der Waals surface area (Å²) in [6, 6.07) is 5.95. The first-order valence-electron chi connectivity index (χ1n) is 11.7. The standard InChI is InChI=1S/C25H33N7O2/c1-15-9-16(2)29-25(28-15)32-20(6)22(19(5)30-32)10-24(33)27-12-21-7-8-23(26-11-21)31-13-17(3)34-18(4)14-31/h7-9,11,17-18H,10,12-14H2,1-6H3,(H,27,33). The normalized spacial score (nSPS) is 18.2. The van der Waals surface area contributed by atoms with Crippen LogP contribution >= 0.6 is 0 Å². The van der Waals surface area contributed by atoms with E-state index < -0.39 is 0 Å². The van der Waals surface area contributed by atoms with Crippen LogP contribution in [0.15, 0.2) is 24.4 Å². The Labute approximate surface area is 200 Å². The highest BCUT2D eigenvalue weighted by atomic mass is 16.5. The first-order chi connectivity index (χ1) is 16.2. The number of hydrogen-bond donors (Lipinski definition) is 1. The Morgan fingerprint density at radius 3 is 2.38 bits per heavy atom. The molecule has 3 aromatic heterocycles. The predicted molar refractivity (Wildman–Crippen MR) is 130 cm³/mol. The van der Waals surface area contributed by atoms with Crippen LogP contribution in [0, 0.1) is 27.7 Å². The smallest absolute Gasteiger partial charge is 0.251 e. The van der Waals surface area contributed by atoms with E-state index in [1.807, 2.05) is 52.1 Å². The summed E-state index contributed by atoms with van der Waals surface area (Å²) < 4.78 is 7.52. The molecule has 0 spiro atoms. The second-order valence-electron chi connectivity index (χ2n) is 9.15. The fourth-order valence-electron chi connectivity index (χ4n) is 4.42. The molecule has 9 nitrogen and oxygen atoms in total. The van der Waals surface area contributed by atoms with Crippen molar-refractivity contribution in [1.82, 2.24) is 30.0 Å². The van der Waals surface area contributed by atoms with Gasteiger partial charge < -0.3 is 15.0 Å². The fraction of sp³-hybridized carbons (Fsp3) is 0.480. The zero-order chi connectivity index (χ0) is 24.4. The molecule has 0 radical (unpaired) electrons. The van der Waals surface area contributed by atoms with E-state index in [2.05, 4.69) is 44.1 Å². The minimum atomic E-state index is -0.0630. The van der Waals surface area contributed by atoms with Gasteiger partial charge in [0.05, 0.1) is 24.3 Å². The van der Waals surface area contributed by atoms with Crippen LogP contribution in [0.5, 0.6) is 0 Å². The molecule has 3 aromatic rings. The molecule has 0 bridgehead atoms. The number of carbonyl (C=O) groups excluding carboxylic acids is 1. The van der Waals surface area contributed by atoms with Crippen LogP contribution < -0.4 is 10.2 Å². The zero-order valence-corrected chi connectivity index (χ0v) is 20.8. The molecule has 2 atom stereocenters. The summed E-state index contributed by atoms with van der Waals surface area (Å²) in [6.07, 6.45) is 2.44. The number of pyridine rings is 1. The highest BCUT2D eigenvalue weighted by Gasteiger charge is 2.23. The van der Waals surface area contributed by atoms with E-state index in [4.69, 9.17) is 4.74 Å². The molecule has 9 heteroatoms. The minimum absolute atomic E-state index is 0.0630. The Bertz CT molecular complexity index is 1140. The maximum atomic E-state index is 12.7. The topological polar surface area (TPSA) is 98.1 Å². The molecule has 4 heterocycles. The third kappa shape index (κ3) is 5.41. The van der Waals surface area contributed by atoms with Crippen molar-refractivity contribution in [2.45, 2.75) is 66.7 Å². The monoisotopic (exact) mass is 463 g/mol. The maximum Gasteiger partial charge on any atom is 0.251 e. The number of morpholine rings is 1. The number of aryl methyl sites for hydroxylation is 3. The number of hydrogen-bond acceptors (Lipinski definition) is 7. The molecule has 0 saturated carbocycles. The van der Waals surface area contributed by atoms with E-state index in [0.717, 1.165) is 52.8 Å². The number of nitrogens with one attached hydrogen (secondary N) is 1. The predicted octanol–water partition coefficient (Wildman–Crippen LogP) is 2.76. The molecule has 2 unspecified atom stereocenters. The Morgan fingerprint density at radius 1 is 1.09 bits per heavy atom. The fourth-order valence-corrected chi connectivity index (χ4v) is 4.42. The van der Waals surface area contributed by atoms with Crippen molar-refractivity contribution in [3.8, 4) is 5.95 Å². The molecule has 1 N–H and O–H groups in total. The Morgan fingerprint density at radius 2 is 1.76 bits per heavy atom. The first-order valence-corrected chi connectivity index (χ1v) is 11.7. The molecule has 180 valence electrons. The summed E-state index contributed by atoms with van der Waals surface area (Å²) in [5, 5.41) is 7.59. The number of nitrogens with zero attached hydrogens (tertiary/aromatic N) is 6. The van der Waals surface area contributed by atoms with Gasteiger partial charge in [0.25, 0.3) is 5.95 Å². The lowest BCUT2D eigenvalue weighted by molar-refractivity contribution is -0.120. The van der Waals surface area contributed by atoms with Gasteiger partial charge in [0, 0.05) is 48.5 Å². The van der Waals surface area contributed by atoms with Crippen molar-refractivity contribution in [2.24, 2.45) is 0 Å². The summed E-state index contributed by atoms with van der Waals surface area (Å²) in [5.41, 5.74) is 5.29. The average molecular weight is 464 g/mol. The van der Waals surface area contributed by atoms with Crippen molar-refractivity contribution in [3.05, 3.63) is 58.3 Å². The quantitative estimate of drug-likeness (QED) is 0.600. The third-order valence-corrected chi connectivity index (χ3v) is 5.98. The van der Waals surface area contributed by atoms with Gasteiger partial charge in [-0.25, -0.2) is 19.6 Å². The van der Waals surface area contributed by atoms with E-state index in [1.54, 1.807) is 4.68 Å². The van der Waals surface area contributed by atoms with Crippen LogP contribution in [0.2, 0.25) is 0 Å². The van der Waals surface area contributed by atoms with Crippen LogP contribution in [-0.4, -0.2) is 55.9 Å². The lowest BCUT2D eigenvalue weighted by Crippen LogP contribution is -2.45. The molecule has 1 aliphatic rings. The summed E-state index contributed by atoms with van der Waals surface area (Å²) in [7, 11) is 0. The number of anilines is 1. The lowest BCUT2D eigenvalue weighted by Gasteiger charge is -2.36. The summed E-state index contributed by atoms with van der Waals surface area (Å²) in [6.45, 7) is 13.9. The number of carbonyl (C=O) groups is 1. The minimum Gasteiger partial charge on any atom is -0.372 e. The number of rotatable bonds is 6. The molecule has 0 aliphatic carbocycles. The lowest BCUT2D eigenvalue weighted by atomic mass is 10.1. The van der Waals surface area contributed by atoms with Gasteiger partial charge in [-0.3, -0.25) is 4.79 Å². The van der Waals surface area contributed by atoms with Gasteiger partial charge in [-0.15, -0.1) is 0 Å². The largest absolute Gasteiger partial charge is 0.372 e. The van der Waals surface area contributed by atoms with Crippen LogP contribution in [0.1, 0.15) is 47.8 Å². The van der Waals surface area contributed by atoms with Gasteiger partial charge in [-0.1, -0.05) is 6.07 Å². The summed E-state index contributed by atoms with van der Waals surface area (Å²) >= 11 is 0. The zero-order valence-electron chi connectivity index (χ0n) is 20.8. The molecule has 4 rings (SSSR count). The van der Waals surface area contributed by atoms with E-state index in [0.29, 0.717) is 12.5 Å². The highest BCUT2D eigenvalue weighted by molar-refractivity contribution is 5.79. The van der Waals surface area contributed by atoms with Crippen molar-refractivity contribution in [3.63, 3.8) is 0 Å². The van der Waals surface area contributed by atoms with Gasteiger partial charge in [0.15, 0.2) is 0 Å². The number of amides is 1. The Balaban J connectivity index is 1.37. The third-order valence-electron chi connectivity index (χ3n) is 5.98. The van der Waals surface area contributed by atoms with E-state index in [9.17, 15) is 4.79 Å². The van der Waals surface area contributed by atoms with Crippen LogP contribution in [0.4, 0.5) is 5.82 Å². The van der Waals surface area contributed by atoms with Gasteiger partial charge in [-0.05, 0) is 59.2 Å². The molecule has 0 aromatic carbocycles. The summed E-state index contributed by atoms with van der Waals surface area (Å²) in [5.74, 6) is 1.40. The van der Waals surface area contributed by atoms with Crippen molar-refractivity contribution < 1.29 is 9.53 Å². The molecule has 1 saturated heterocycles. The van der Waals surface area contributed by atoms with Gasteiger partial charge in [0.1, 0.15) is 5.82 Å². The van der Waals surface area contributed by atoms with Crippen molar-refractivity contribution >= 4 is 11.7 Å². The molecule has 1 fully saturated rings. The van der Waals surface area contributed by atoms with Crippen LogP contribution in [0.3, 0.4) is 0 Å². The SMILES string of the molecule is Cc1cc(C)nc(-n2nc(C)c(CC(=O)NCc3ccc(N4CC(C)OC(C)C4)nc3)c2C)n1. The summed E-state index contributed by atoms with van der Waals surface area (Å²) in [4.78, 5) is 28.5. The van der Waals surface area contributed by atoms with Gasteiger partial charge in [0.2, 0.25) is 5.91 Å². The molecule has 1 amide bonds. The van der Waals surface area contributed by atoms with Crippen molar-refractivity contribution in [1.29, 1.82) is 0 Å². The van der Waals surface area contributed by atoms with E-state index >= 15 is 0 Å².